The molecule has 1 saturated carbocycles. The fraction of sp³-hybridized carbons (Fsp3) is 0.476. The van der Waals surface area contributed by atoms with Crippen molar-refractivity contribution in [2.45, 2.75) is 51.4 Å². The molecule has 4 nitrogen and oxygen atoms in total. The number of carboxylic acid groups (broad SMARTS) is 1. The van der Waals surface area contributed by atoms with Crippen LogP contribution in [0, 0.1) is 29.3 Å². The summed E-state index contributed by atoms with van der Waals surface area (Å²) in [5, 5.41) is 8.60. The van der Waals surface area contributed by atoms with E-state index in [1.807, 2.05) is 0 Å². The number of rotatable bonds is 10. The third kappa shape index (κ3) is 5.78. The van der Waals surface area contributed by atoms with Gasteiger partial charge in [0.15, 0.2) is 23.2 Å². The van der Waals surface area contributed by atoms with Gasteiger partial charge in [-0.25, -0.2) is 13.2 Å². The first-order valence-electron chi connectivity index (χ1n) is 9.41. The summed E-state index contributed by atoms with van der Waals surface area (Å²) in [4.78, 5) is 34.7. The molecule has 0 saturated heterocycles. The summed E-state index contributed by atoms with van der Waals surface area (Å²) in [5.74, 6) is -6.41. The molecule has 7 heteroatoms. The lowest BCUT2D eigenvalue weighted by molar-refractivity contribution is -0.137. The number of unbranched alkanes of at least 4 members (excludes halogenated alkanes) is 3. The van der Waals surface area contributed by atoms with Gasteiger partial charge in [-0.15, -0.1) is 0 Å². The molecule has 2 rings (SSSR count). The van der Waals surface area contributed by atoms with Gasteiger partial charge in [0.1, 0.15) is 5.78 Å². The molecule has 1 fully saturated rings. The van der Waals surface area contributed by atoms with Crippen molar-refractivity contribution in [1.29, 1.82) is 0 Å². The predicted octanol–water partition coefficient (Wildman–Crippen LogP) is 4.86. The molecule has 0 bridgehead atoms. The Morgan fingerprint density at radius 2 is 1.79 bits per heavy atom. The van der Waals surface area contributed by atoms with Gasteiger partial charge in [0.05, 0.1) is 5.56 Å². The molecule has 1 aliphatic carbocycles. The molecular formula is C21H23F3O4. The zero-order valence-corrected chi connectivity index (χ0v) is 15.4. The van der Waals surface area contributed by atoms with Crippen molar-refractivity contribution in [3.63, 3.8) is 0 Å². The van der Waals surface area contributed by atoms with E-state index in [2.05, 4.69) is 0 Å². The van der Waals surface area contributed by atoms with E-state index in [0.29, 0.717) is 31.7 Å². The fourth-order valence-electron chi connectivity index (χ4n) is 3.55. The Hall–Kier alpha value is -2.44. The summed E-state index contributed by atoms with van der Waals surface area (Å²) in [6, 6.07) is 1.60. The van der Waals surface area contributed by atoms with Gasteiger partial charge in [-0.05, 0) is 43.4 Å². The summed E-state index contributed by atoms with van der Waals surface area (Å²) >= 11 is 0. The van der Waals surface area contributed by atoms with E-state index in [9.17, 15) is 27.6 Å². The number of carboxylic acids is 1. The molecular weight excluding hydrogens is 373 g/mol. The van der Waals surface area contributed by atoms with Gasteiger partial charge in [-0.1, -0.05) is 25.3 Å². The van der Waals surface area contributed by atoms with E-state index in [-0.39, 0.29) is 24.0 Å². The maximum absolute atomic E-state index is 13.7. The van der Waals surface area contributed by atoms with Gasteiger partial charge < -0.3 is 5.11 Å². The van der Waals surface area contributed by atoms with Gasteiger partial charge in [0.2, 0.25) is 0 Å². The van der Waals surface area contributed by atoms with Crippen LogP contribution in [0.2, 0.25) is 0 Å². The minimum Gasteiger partial charge on any atom is -0.481 e. The lowest BCUT2D eigenvalue weighted by Gasteiger charge is -2.14. The molecule has 0 radical (unpaired) electrons. The molecule has 2 atom stereocenters. The molecule has 28 heavy (non-hydrogen) atoms. The molecule has 2 unspecified atom stereocenters. The number of aliphatic carboxylic acids is 1. The second-order valence-electron chi connectivity index (χ2n) is 7.07. The molecule has 1 aromatic carbocycles. The lowest BCUT2D eigenvalue weighted by atomic mass is 9.89. The van der Waals surface area contributed by atoms with E-state index >= 15 is 0 Å². The molecule has 0 aromatic heterocycles. The second-order valence-corrected chi connectivity index (χ2v) is 7.07. The highest BCUT2D eigenvalue weighted by atomic mass is 19.2. The standard InChI is InChI=1S/C21H23F3O4/c22-16-10-9-15(20(23)21(16)24)18(26)12-8-13-7-11-17(25)14(13)5-3-1-2-4-6-19(27)28/h8-10,12-14H,1-7,11H2,(H,27,28). The first-order valence-corrected chi connectivity index (χ1v) is 9.41. The third-order valence-electron chi connectivity index (χ3n) is 5.11. The zero-order valence-electron chi connectivity index (χ0n) is 15.4. The number of Topliss-reactive ketones (excluding diaryl/α,β-unsaturated/α-hetero) is 1. The molecule has 1 aromatic rings. The molecule has 0 aliphatic heterocycles. The third-order valence-corrected chi connectivity index (χ3v) is 5.11. The first-order chi connectivity index (χ1) is 13.3. The molecule has 0 heterocycles. The highest BCUT2D eigenvalue weighted by Gasteiger charge is 2.32. The largest absolute Gasteiger partial charge is 0.481 e. The van der Waals surface area contributed by atoms with E-state index in [4.69, 9.17) is 5.11 Å². The van der Waals surface area contributed by atoms with E-state index in [1.54, 1.807) is 6.08 Å². The van der Waals surface area contributed by atoms with Crippen LogP contribution in [0.15, 0.2) is 24.3 Å². The van der Waals surface area contributed by atoms with Crippen LogP contribution < -0.4 is 0 Å². The Bertz CT molecular complexity index is 773. The number of halogens is 3. The van der Waals surface area contributed by atoms with E-state index in [0.717, 1.165) is 31.4 Å². The smallest absolute Gasteiger partial charge is 0.303 e. The lowest BCUT2D eigenvalue weighted by Crippen LogP contribution is -2.13. The average molecular weight is 396 g/mol. The van der Waals surface area contributed by atoms with Gasteiger partial charge in [-0.2, -0.15) is 0 Å². The van der Waals surface area contributed by atoms with Crippen LogP contribution in [0.5, 0.6) is 0 Å². The number of hydrogen-bond donors (Lipinski definition) is 1. The van der Waals surface area contributed by atoms with Crippen LogP contribution in [0.25, 0.3) is 0 Å². The van der Waals surface area contributed by atoms with Crippen LogP contribution in [-0.2, 0) is 9.59 Å². The SMILES string of the molecule is O=C(O)CCCCCCC1C(=O)CCC1C=CC(=O)c1ccc(F)c(F)c1F. The minimum absolute atomic E-state index is 0.117. The van der Waals surface area contributed by atoms with Crippen molar-refractivity contribution >= 4 is 17.5 Å². The van der Waals surface area contributed by atoms with Gasteiger partial charge in [0.25, 0.3) is 0 Å². The van der Waals surface area contributed by atoms with Crippen molar-refractivity contribution in [2.75, 3.05) is 0 Å². The number of allylic oxidation sites excluding steroid dienone is 2. The van der Waals surface area contributed by atoms with Crippen molar-refractivity contribution in [1.82, 2.24) is 0 Å². The highest BCUT2D eigenvalue weighted by molar-refractivity contribution is 6.04. The summed E-state index contributed by atoms with van der Waals surface area (Å²) in [7, 11) is 0. The Balaban J connectivity index is 1.91. The number of ketones is 2. The Kier molecular flexibility index (Phi) is 7.96. The Morgan fingerprint density at radius 3 is 2.50 bits per heavy atom. The quantitative estimate of drug-likeness (QED) is 0.265. The monoisotopic (exact) mass is 396 g/mol. The number of benzene rings is 1. The highest BCUT2D eigenvalue weighted by Crippen LogP contribution is 2.34. The van der Waals surface area contributed by atoms with Crippen molar-refractivity contribution in [2.24, 2.45) is 11.8 Å². The van der Waals surface area contributed by atoms with Crippen molar-refractivity contribution in [3.8, 4) is 0 Å². The zero-order chi connectivity index (χ0) is 20.7. The number of carbonyl (C=O) groups is 3. The molecule has 1 aliphatic rings. The van der Waals surface area contributed by atoms with Crippen molar-refractivity contribution in [3.05, 3.63) is 47.3 Å². The molecule has 0 spiro atoms. The Labute approximate surface area is 161 Å². The van der Waals surface area contributed by atoms with Crippen LogP contribution in [0.4, 0.5) is 13.2 Å². The normalized spacial score (nSPS) is 19.5. The topological polar surface area (TPSA) is 71.4 Å². The number of hydrogen-bond acceptors (Lipinski definition) is 3. The van der Waals surface area contributed by atoms with Crippen LogP contribution in [0.1, 0.15) is 61.7 Å². The maximum atomic E-state index is 13.7. The predicted molar refractivity (Wildman–Crippen MR) is 96.3 cm³/mol. The summed E-state index contributed by atoms with van der Waals surface area (Å²) in [6.45, 7) is 0. The second kappa shape index (κ2) is 10.2. The fourth-order valence-corrected chi connectivity index (χ4v) is 3.55. The summed E-state index contributed by atoms with van der Waals surface area (Å²) < 4.78 is 40.0. The molecule has 0 amide bonds. The van der Waals surface area contributed by atoms with Gasteiger partial charge >= 0.3 is 5.97 Å². The first kappa shape index (κ1) is 21.9. The summed E-state index contributed by atoms with van der Waals surface area (Å²) in [6.07, 6.45) is 7.46. The maximum Gasteiger partial charge on any atom is 0.303 e. The van der Waals surface area contributed by atoms with E-state index < -0.39 is 34.8 Å². The molecule has 1 N–H and O–H groups in total. The van der Waals surface area contributed by atoms with Crippen LogP contribution in [-0.4, -0.2) is 22.6 Å². The van der Waals surface area contributed by atoms with Gasteiger partial charge in [-0.3, -0.25) is 14.4 Å². The van der Waals surface area contributed by atoms with Crippen LogP contribution >= 0.6 is 0 Å². The molecule has 152 valence electrons. The van der Waals surface area contributed by atoms with Crippen LogP contribution in [0.3, 0.4) is 0 Å². The number of carbonyl (C=O) groups excluding carboxylic acids is 2. The minimum atomic E-state index is -1.68. The Morgan fingerprint density at radius 1 is 1.07 bits per heavy atom. The van der Waals surface area contributed by atoms with Crippen molar-refractivity contribution < 1.29 is 32.7 Å². The average Bonchev–Trinajstić information content (AvgIpc) is 3.00. The van der Waals surface area contributed by atoms with Gasteiger partial charge in [0, 0.05) is 18.8 Å². The summed E-state index contributed by atoms with van der Waals surface area (Å²) in [5.41, 5.74) is -0.547. The van der Waals surface area contributed by atoms with E-state index in [1.165, 1.54) is 0 Å².